The molecule has 1 aromatic rings. The van der Waals surface area contributed by atoms with Crippen molar-refractivity contribution in [2.24, 2.45) is 11.3 Å². The van der Waals surface area contributed by atoms with E-state index < -0.39 is 0 Å². The molecule has 1 aliphatic carbocycles. The van der Waals surface area contributed by atoms with Gasteiger partial charge in [0.15, 0.2) is 0 Å². The summed E-state index contributed by atoms with van der Waals surface area (Å²) in [4.78, 5) is 4.30. The smallest absolute Gasteiger partial charge is 0.0541 e. The highest BCUT2D eigenvalue weighted by Gasteiger charge is 2.44. The monoisotopic (exact) mass is 204 g/mol. The first-order chi connectivity index (χ1) is 7.23. The lowest BCUT2D eigenvalue weighted by Crippen LogP contribution is -2.27. The van der Waals surface area contributed by atoms with Crippen LogP contribution in [0.5, 0.6) is 0 Å². The summed E-state index contributed by atoms with van der Waals surface area (Å²) in [5, 5.41) is 3.52. The van der Waals surface area contributed by atoms with Crippen LogP contribution in [0.25, 0.3) is 0 Å². The molecule has 2 nitrogen and oxygen atoms in total. The van der Waals surface area contributed by atoms with Crippen LogP contribution >= 0.6 is 0 Å². The zero-order valence-corrected chi connectivity index (χ0v) is 9.66. The van der Waals surface area contributed by atoms with Gasteiger partial charge in [0, 0.05) is 19.3 Å². The molecule has 82 valence electrons. The summed E-state index contributed by atoms with van der Waals surface area (Å²) in [6.07, 6.45) is 4.63. The summed E-state index contributed by atoms with van der Waals surface area (Å²) in [5.41, 5.74) is 1.73. The van der Waals surface area contributed by atoms with Crippen LogP contribution < -0.4 is 5.32 Å². The Hall–Kier alpha value is -0.890. The maximum absolute atomic E-state index is 4.30. The van der Waals surface area contributed by atoms with Gasteiger partial charge in [-0.05, 0) is 36.3 Å². The Balaban J connectivity index is 1.76. The van der Waals surface area contributed by atoms with E-state index in [1.807, 2.05) is 18.3 Å². The number of nitrogens with one attached hydrogen (secondary N) is 1. The predicted molar refractivity (Wildman–Crippen MR) is 62.4 cm³/mol. The molecule has 0 bridgehead atoms. The average Bonchev–Trinajstić information content (AvgIpc) is 3.01. The van der Waals surface area contributed by atoms with Crippen LogP contribution in [0.4, 0.5) is 0 Å². The number of hydrogen-bond acceptors (Lipinski definition) is 2. The Morgan fingerprint density at radius 1 is 1.40 bits per heavy atom. The fourth-order valence-corrected chi connectivity index (χ4v) is 2.06. The van der Waals surface area contributed by atoms with Gasteiger partial charge in [-0.2, -0.15) is 0 Å². The van der Waals surface area contributed by atoms with Gasteiger partial charge in [-0.1, -0.05) is 19.9 Å². The molecule has 1 aliphatic rings. The molecule has 0 amide bonds. The summed E-state index contributed by atoms with van der Waals surface area (Å²) in [7, 11) is 0. The molecule has 2 rings (SSSR count). The zero-order chi connectivity index (χ0) is 10.7. The highest BCUT2D eigenvalue weighted by Crippen LogP contribution is 2.51. The minimum Gasteiger partial charge on any atom is -0.311 e. The number of hydrogen-bond donors (Lipinski definition) is 1. The van der Waals surface area contributed by atoms with Crippen LogP contribution in [0.2, 0.25) is 0 Å². The van der Waals surface area contributed by atoms with Gasteiger partial charge in [0.1, 0.15) is 0 Å². The van der Waals surface area contributed by atoms with Gasteiger partial charge >= 0.3 is 0 Å². The molecule has 15 heavy (non-hydrogen) atoms. The number of nitrogens with zero attached hydrogens (tertiary/aromatic N) is 1. The van der Waals surface area contributed by atoms with Crippen molar-refractivity contribution in [1.29, 1.82) is 0 Å². The van der Waals surface area contributed by atoms with Crippen LogP contribution in [-0.2, 0) is 6.54 Å². The first kappa shape index (κ1) is 10.6. The molecule has 1 heterocycles. The van der Waals surface area contributed by atoms with Gasteiger partial charge < -0.3 is 5.32 Å². The third-order valence-corrected chi connectivity index (χ3v) is 3.63. The Morgan fingerprint density at radius 3 is 2.73 bits per heavy atom. The van der Waals surface area contributed by atoms with E-state index in [9.17, 15) is 0 Å². The normalized spacial score (nSPS) is 18.1. The second kappa shape index (κ2) is 4.31. The number of pyridine rings is 1. The lowest BCUT2D eigenvalue weighted by molar-refractivity contribution is 0.337. The summed E-state index contributed by atoms with van der Waals surface area (Å²) >= 11 is 0. The summed E-state index contributed by atoms with van der Waals surface area (Å²) in [6, 6.07) is 6.07. The quantitative estimate of drug-likeness (QED) is 0.797. The third-order valence-electron chi connectivity index (χ3n) is 3.63. The van der Waals surface area contributed by atoms with Crippen LogP contribution in [-0.4, -0.2) is 11.5 Å². The van der Waals surface area contributed by atoms with Crippen LogP contribution in [0.1, 0.15) is 32.4 Å². The Labute approximate surface area is 92.1 Å². The molecular weight excluding hydrogens is 184 g/mol. The van der Waals surface area contributed by atoms with Crippen molar-refractivity contribution in [3.8, 4) is 0 Å². The van der Waals surface area contributed by atoms with Gasteiger partial charge in [-0.15, -0.1) is 0 Å². The molecule has 0 aliphatic heterocycles. The van der Waals surface area contributed by atoms with Crippen molar-refractivity contribution in [3.63, 3.8) is 0 Å². The van der Waals surface area contributed by atoms with E-state index in [1.165, 1.54) is 12.8 Å². The Kier molecular flexibility index (Phi) is 3.06. The average molecular weight is 204 g/mol. The van der Waals surface area contributed by atoms with Crippen LogP contribution in [0.3, 0.4) is 0 Å². The van der Waals surface area contributed by atoms with Crippen molar-refractivity contribution in [3.05, 3.63) is 30.1 Å². The van der Waals surface area contributed by atoms with E-state index in [0.717, 1.165) is 24.7 Å². The van der Waals surface area contributed by atoms with Gasteiger partial charge in [-0.3, -0.25) is 4.98 Å². The minimum absolute atomic E-state index is 0.592. The highest BCUT2D eigenvalue weighted by atomic mass is 14.9. The molecule has 1 N–H and O–H groups in total. The lowest BCUT2D eigenvalue weighted by atomic mass is 9.92. The summed E-state index contributed by atoms with van der Waals surface area (Å²) in [6.45, 7) is 6.70. The standard InChI is InChI=1S/C13H20N2/c1-11(2)13(6-7-13)10-14-9-12-5-3-4-8-15-12/h3-5,8,11,14H,6-7,9-10H2,1-2H3. The zero-order valence-electron chi connectivity index (χ0n) is 9.66. The fraction of sp³-hybridized carbons (Fsp3) is 0.615. The van der Waals surface area contributed by atoms with Crippen LogP contribution in [0, 0.1) is 11.3 Å². The Bertz CT molecular complexity index is 302. The van der Waals surface area contributed by atoms with Crippen LogP contribution in [0.15, 0.2) is 24.4 Å². The molecule has 1 aromatic heterocycles. The summed E-state index contributed by atoms with van der Waals surface area (Å²) in [5.74, 6) is 0.800. The first-order valence-electron chi connectivity index (χ1n) is 5.84. The third kappa shape index (κ3) is 2.57. The summed E-state index contributed by atoms with van der Waals surface area (Å²) < 4.78 is 0. The second-order valence-corrected chi connectivity index (χ2v) is 4.94. The maximum atomic E-state index is 4.30. The minimum atomic E-state index is 0.592. The Morgan fingerprint density at radius 2 is 2.20 bits per heavy atom. The SMILES string of the molecule is CC(C)C1(CNCc2ccccn2)CC1. The maximum Gasteiger partial charge on any atom is 0.0541 e. The fourth-order valence-electron chi connectivity index (χ4n) is 2.06. The molecule has 1 fully saturated rings. The highest BCUT2D eigenvalue weighted by molar-refractivity contribution is 5.04. The van der Waals surface area contributed by atoms with Crippen molar-refractivity contribution < 1.29 is 0 Å². The van der Waals surface area contributed by atoms with E-state index >= 15 is 0 Å². The van der Waals surface area contributed by atoms with E-state index in [-0.39, 0.29) is 0 Å². The molecule has 2 heteroatoms. The van der Waals surface area contributed by atoms with E-state index in [4.69, 9.17) is 0 Å². The topological polar surface area (TPSA) is 24.9 Å². The predicted octanol–water partition coefficient (Wildman–Crippen LogP) is 2.61. The lowest BCUT2D eigenvalue weighted by Gasteiger charge is -2.19. The molecule has 0 radical (unpaired) electrons. The molecule has 0 aromatic carbocycles. The van der Waals surface area contributed by atoms with Gasteiger partial charge in [0.2, 0.25) is 0 Å². The number of rotatable bonds is 5. The molecule has 0 spiro atoms. The van der Waals surface area contributed by atoms with Crippen molar-refractivity contribution in [2.75, 3.05) is 6.54 Å². The van der Waals surface area contributed by atoms with E-state index in [0.29, 0.717) is 5.41 Å². The van der Waals surface area contributed by atoms with E-state index in [2.05, 4.69) is 30.2 Å². The molecule has 0 unspecified atom stereocenters. The van der Waals surface area contributed by atoms with Gasteiger partial charge in [-0.25, -0.2) is 0 Å². The number of aromatic nitrogens is 1. The van der Waals surface area contributed by atoms with Gasteiger partial charge in [0.05, 0.1) is 5.69 Å². The van der Waals surface area contributed by atoms with Crippen molar-refractivity contribution in [2.45, 2.75) is 33.2 Å². The van der Waals surface area contributed by atoms with Gasteiger partial charge in [0.25, 0.3) is 0 Å². The van der Waals surface area contributed by atoms with Crippen molar-refractivity contribution >= 4 is 0 Å². The van der Waals surface area contributed by atoms with E-state index in [1.54, 1.807) is 0 Å². The largest absolute Gasteiger partial charge is 0.311 e. The molecule has 1 saturated carbocycles. The molecular formula is C13H20N2. The van der Waals surface area contributed by atoms with Crippen molar-refractivity contribution in [1.82, 2.24) is 10.3 Å². The first-order valence-corrected chi connectivity index (χ1v) is 5.84. The molecule has 0 atom stereocenters. The second-order valence-electron chi connectivity index (χ2n) is 4.94. The molecule has 0 saturated heterocycles.